The normalized spacial score (nSPS) is 32.3. The van der Waals surface area contributed by atoms with E-state index < -0.39 is 12.2 Å². The highest BCUT2D eigenvalue weighted by Gasteiger charge is 2.36. The van der Waals surface area contributed by atoms with Crippen LogP contribution in [-0.4, -0.2) is 42.4 Å². The van der Waals surface area contributed by atoms with Gasteiger partial charge in [-0.1, -0.05) is 13.8 Å². The Bertz CT molecular complexity index is 215. The van der Waals surface area contributed by atoms with Crippen LogP contribution in [0.5, 0.6) is 0 Å². The minimum atomic E-state index is -1.02. The van der Waals surface area contributed by atoms with E-state index in [2.05, 4.69) is 13.8 Å². The number of ether oxygens (including phenoxy) is 2. The van der Waals surface area contributed by atoms with Gasteiger partial charge in [0.1, 0.15) is 12.2 Å². The van der Waals surface area contributed by atoms with Crippen molar-refractivity contribution in [3.63, 3.8) is 0 Å². The largest absolute Gasteiger partial charge is 0.383 e. The second kappa shape index (κ2) is 5.58. The van der Waals surface area contributed by atoms with Gasteiger partial charge in [0.25, 0.3) is 0 Å². The molecule has 1 heterocycles. The summed E-state index contributed by atoms with van der Waals surface area (Å²) in [6.07, 6.45) is -0.974. The summed E-state index contributed by atoms with van der Waals surface area (Å²) in [7, 11) is 0. The summed E-state index contributed by atoms with van der Waals surface area (Å²) >= 11 is 0. The highest BCUT2D eigenvalue weighted by atomic mass is 16.6. The third kappa shape index (κ3) is 3.55. The average Bonchev–Trinajstić information content (AvgIpc) is 2.17. The molecule has 0 saturated carbocycles. The summed E-state index contributed by atoms with van der Waals surface area (Å²) in [5.74, 6) is 0.294. The van der Waals surface area contributed by atoms with E-state index >= 15 is 0 Å². The Hall–Kier alpha value is -0.450. The topological polar surface area (TPSA) is 55.8 Å². The van der Waals surface area contributed by atoms with Crippen LogP contribution in [0.2, 0.25) is 0 Å². The van der Waals surface area contributed by atoms with E-state index in [1.54, 1.807) is 6.92 Å². The lowest BCUT2D eigenvalue weighted by Crippen LogP contribution is -2.50. The van der Waals surface area contributed by atoms with Crippen LogP contribution < -0.4 is 0 Å². The molecule has 3 unspecified atom stereocenters. The minimum absolute atomic E-state index is 0.0873. The maximum absolute atomic E-state index is 11.6. The summed E-state index contributed by atoms with van der Waals surface area (Å²) in [6, 6.07) is 0. The first-order valence-corrected chi connectivity index (χ1v) is 5.47. The molecule has 0 aliphatic carbocycles. The number of ketones is 1. The quantitative estimate of drug-likeness (QED) is 0.754. The molecule has 4 nitrogen and oxygen atoms in total. The van der Waals surface area contributed by atoms with Gasteiger partial charge in [-0.3, -0.25) is 4.79 Å². The molecule has 88 valence electrons. The monoisotopic (exact) mass is 216 g/mol. The molecule has 1 aliphatic rings. The fourth-order valence-electron chi connectivity index (χ4n) is 1.48. The van der Waals surface area contributed by atoms with Gasteiger partial charge < -0.3 is 14.6 Å². The molecule has 1 saturated heterocycles. The number of aliphatic hydroxyl groups excluding tert-OH is 1. The van der Waals surface area contributed by atoms with Gasteiger partial charge in [-0.2, -0.15) is 0 Å². The van der Waals surface area contributed by atoms with Crippen LogP contribution in [0.3, 0.4) is 0 Å². The van der Waals surface area contributed by atoms with Crippen LogP contribution in [0.25, 0.3) is 0 Å². The Morgan fingerprint density at radius 3 is 2.87 bits per heavy atom. The SMILES string of the molecule is CC(C)CCOC1C(=O)C(O)COC1C. The number of hydrogen-bond donors (Lipinski definition) is 1. The molecule has 0 aromatic rings. The van der Waals surface area contributed by atoms with Gasteiger partial charge in [0.2, 0.25) is 0 Å². The van der Waals surface area contributed by atoms with Crippen molar-refractivity contribution in [2.24, 2.45) is 5.92 Å². The van der Waals surface area contributed by atoms with Gasteiger partial charge in [-0.05, 0) is 19.3 Å². The molecule has 0 radical (unpaired) electrons. The fraction of sp³-hybridized carbons (Fsp3) is 0.909. The maximum atomic E-state index is 11.6. The summed E-state index contributed by atoms with van der Waals surface area (Å²) in [5, 5.41) is 9.32. The second-order valence-electron chi connectivity index (χ2n) is 4.43. The third-order valence-electron chi connectivity index (χ3n) is 2.54. The average molecular weight is 216 g/mol. The van der Waals surface area contributed by atoms with Crippen molar-refractivity contribution >= 4 is 5.78 Å². The molecular weight excluding hydrogens is 196 g/mol. The molecule has 0 aromatic heterocycles. The Balaban J connectivity index is 2.39. The van der Waals surface area contributed by atoms with Gasteiger partial charge in [-0.25, -0.2) is 0 Å². The number of Topliss-reactive ketones (excluding diaryl/α,β-unsaturated/α-hetero) is 1. The van der Waals surface area contributed by atoms with Gasteiger partial charge in [-0.15, -0.1) is 0 Å². The van der Waals surface area contributed by atoms with E-state index in [-0.39, 0.29) is 18.5 Å². The molecule has 1 N–H and O–H groups in total. The molecule has 0 amide bonds. The summed E-state index contributed by atoms with van der Waals surface area (Å²) in [5.41, 5.74) is 0. The van der Waals surface area contributed by atoms with Gasteiger partial charge in [0.15, 0.2) is 5.78 Å². The molecular formula is C11H20O4. The molecule has 0 spiro atoms. The smallest absolute Gasteiger partial charge is 0.194 e. The van der Waals surface area contributed by atoms with E-state index in [4.69, 9.17) is 9.47 Å². The highest BCUT2D eigenvalue weighted by molar-refractivity contribution is 5.88. The molecule has 1 rings (SSSR count). The molecule has 4 heteroatoms. The zero-order chi connectivity index (χ0) is 11.4. The van der Waals surface area contributed by atoms with Crippen molar-refractivity contribution in [1.29, 1.82) is 0 Å². The third-order valence-corrected chi connectivity index (χ3v) is 2.54. The Morgan fingerprint density at radius 1 is 1.60 bits per heavy atom. The van der Waals surface area contributed by atoms with Crippen LogP contribution in [0.4, 0.5) is 0 Å². The molecule has 0 aromatic carbocycles. The van der Waals surface area contributed by atoms with Crippen molar-refractivity contribution < 1.29 is 19.4 Å². The van der Waals surface area contributed by atoms with Crippen LogP contribution >= 0.6 is 0 Å². The maximum Gasteiger partial charge on any atom is 0.194 e. The zero-order valence-electron chi connectivity index (χ0n) is 9.60. The Labute approximate surface area is 90.6 Å². The van der Waals surface area contributed by atoms with E-state index in [0.717, 1.165) is 6.42 Å². The van der Waals surface area contributed by atoms with E-state index in [9.17, 15) is 9.90 Å². The van der Waals surface area contributed by atoms with Gasteiger partial charge >= 0.3 is 0 Å². The van der Waals surface area contributed by atoms with E-state index in [1.165, 1.54) is 0 Å². The van der Waals surface area contributed by atoms with E-state index in [1.807, 2.05) is 0 Å². The molecule has 1 aliphatic heterocycles. The number of aliphatic hydroxyl groups is 1. The Kier molecular flexibility index (Phi) is 4.70. The molecule has 1 fully saturated rings. The lowest BCUT2D eigenvalue weighted by atomic mass is 10.0. The van der Waals surface area contributed by atoms with E-state index in [0.29, 0.717) is 12.5 Å². The minimum Gasteiger partial charge on any atom is -0.383 e. The summed E-state index contributed by atoms with van der Waals surface area (Å²) in [6.45, 7) is 6.62. The van der Waals surface area contributed by atoms with Crippen LogP contribution in [-0.2, 0) is 14.3 Å². The number of rotatable bonds is 4. The predicted molar refractivity (Wildman–Crippen MR) is 55.6 cm³/mol. The van der Waals surface area contributed by atoms with Crippen molar-refractivity contribution in [2.75, 3.05) is 13.2 Å². The van der Waals surface area contributed by atoms with Gasteiger partial charge in [0.05, 0.1) is 12.7 Å². The molecule has 3 atom stereocenters. The molecule has 15 heavy (non-hydrogen) atoms. The lowest BCUT2D eigenvalue weighted by molar-refractivity contribution is -0.169. The Morgan fingerprint density at radius 2 is 2.27 bits per heavy atom. The van der Waals surface area contributed by atoms with Crippen molar-refractivity contribution in [3.05, 3.63) is 0 Å². The van der Waals surface area contributed by atoms with Gasteiger partial charge in [0, 0.05) is 6.61 Å². The van der Waals surface area contributed by atoms with Crippen molar-refractivity contribution in [2.45, 2.75) is 45.5 Å². The fourth-order valence-corrected chi connectivity index (χ4v) is 1.48. The lowest BCUT2D eigenvalue weighted by Gasteiger charge is -2.30. The van der Waals surface area contributed by atoms with Crippen LogP contribution in [0.15, 0.2) is 0 Å². The summed E-state index contributed by atoms with van der Waals surface area (Å²) < 4.78 is 10.7. The number of hydrogen-bond acceptors (Lipinski definition) is 4. The zero-order valence-corrected chi connectivity index (χ0v) is 9.60. The van der Waals surface area contributed by atoms with Crippen molar-refractivity contribution in [1.82, 2.24) is 0 Å². The van der Waals surface area contributed by atoms with Crippen LogP contribution in [0.1, 0.15) is 27.2 Å². The van der Waals surface area contributed by atoms with Crippen molar-refractivity contribution in [3.8, 4) is 0 Å². The molecule has 0 bridgehead atoms. The van der Waals surface area contributed by atoms with Crippen LogP contribution in [0, 0.1) is 5.92 Å². The first-order chi connectivity index (χ1) is 7.02. The first-order valence-electron chi connectivity index (χ1n) is 5.47. The summed E-state index contributed by atoms with van der Waals surface area (Å²) in [4.78, 5) is 11.6. The standard InChI is InChI=1S/C11H20O4/c1-7(2)4-5-14-11-8(3)15-6-9(12)10(11)13/h7-9,11-12H,4-6H2,1-3H3. The first kappa shape index (κ1) is 12.6. The number of carbonyl (C=O) groups is 1. The second-order valence-corrected chi connectivity index (χ2v) is 4.43. The number of carbonyl (C=O) groups excluding carboxylic acids is 1. The highest BCUT2D eigenvalue weighted by Crippen LogP contribution is 2.15. The predicted octanol–water partition coefficient (Wildman–Crippen LogP) is 0.766.